The summed E-state index contributed by atoms with van der Waals surface area (Å²) in [5.41, 5.74) is 5.88. The Morgan fingerprint density at radius 2 is 1.55 bits per heavy atom. The number of nitrogens with one attached hydrogen (secondary N) is 2. The van der Waals surface area contributed by atoms with E-state index in [0.717, 1.165) is 71.3 Å². The quantitative estimate of drug-likeness (QED) is 0.0921. The normalized spacial score (nSPS) is 21.2. The average molecular weight is 768 g/mol. The molecule has 2 saturated heterocycles. The third-order valence-electron chi connectivity index (χ3n) is 11.0. The van der Waals surface area contributed by atoms with Crippen LogP contribution in [0.5, 0.6) is 0 Å². The van der Waals surface area contributed by atoms with Crippen LogP contribution in [0.4, 0.5) is 0 Å². The Morgan fingerprint density at radius 1 is 0.836 bits per heavy atom. The Hall–Kier alpha value is -4.09. The molecule has 9 nitrogen and oxygen atoms in total. The van der Waals surface area contributed by atoms with Gasteiger partial charge in [-0.05, 0) is 83.3 Å². The number of carbonyl (C=O) groups is 2. The standard InChI is InChI=1S/C45H54ClN3O6/c1-31-41(29-49-24-21-45(53,22-25-49)39-17-19-40(46)20-18-39)54-44(55-43(31)35-15-13-33(30-50)14-16-35)38-11-7-10-37(27-38)36-9-6-8-34(26-36)28-48-42(52)12-4-3-5-23-47-32(2)51/h6-11,13-20,26-27,31,41,43-44,50,53H,3-5,12,21-25,28-30H2,1-2H3,(H,47,51)(H,48,52)/t31-,41+,43+,44+/m1/s1. The fourth-order valence-corrected chi connectivity index (χ4v) is 7.73. The smallest absolute Gasteiger partial charge is 0.220 e. The lowest BCUT2D eigenvalue weighted by atomic mass is 9.84. The van der Waals surface area contributed by atoms with Crippen LogP contribution in [0.2, 0.25) is 5.02 Å². The Balaban J connectivity index is 1.13. The second-order valence-electron chi connectivity index (χ2n) is 15.1. The van der Waals surface area contributed by atoms with Gasteiger partial charge in [0.15, 0.2) is 6.29 Å². The SMILES string of the molecule is CC(=O)NCCCCCC(=O)NCc1cccc(-c2cccc([C@H]3O[C@@H](CN4CCC(O)(c5ccc(Cl)cc5)CC4)[C@@H](C)[C@@H](c4ccc(CO)cc4)O3)c2)c1. The van der Waals surface area contributed by atoms with Crippen molar-refractivity contribution < 1.29 is 29.3 Å². The number of ether oxygens (including phenoxy) is 2. The summed E-state index contributed by atoms with van der Waals surface area (Å²) in [6.45, 7) is 6.92. The van der Waals surface area contributed by atoms with Crippen LogP contribution < -0.4 is 10.6 Å². The van der Waals surface area contributed by atoms with Crippen molar-refractivity contribution >= 4 is 23.4 Å². The molecule has 4 N–H and O–H groups in total. The Bertz CT molecular complexity index is 1860. The highest BCUT2D eigenvalue weighted by molar-refractivity contribution is 6.30. The van der Waals surface area contributed by atoms with Gasteiger partial charge >= 0.3 is 0 Å². The summed E-state index contributed by atoms with van der Waals surface area (Å²) in [6, 6.07) is 31.9. The van der Waals surface area contributed by atoms with Crippen LogP contribution in [0.15, 0.2) is 97.1 Å². The highest BCUT2D eigenvalue weighted by Gasteiger charge is 2.41. The van der Waals surface area contributed by atoms with Gasteiger partial charge in [-0.15, -0.1) is 0 Å². The first-order valence-corrected chi connectivity index (χ1v) is 19.9. The van der Waals surface area contributed by atoms with Crippen molar-refractivity contribution in [3.05, 3.63) is 130 Å². The van der Waals surface area contributed by atoms with E-state index in [9.17, 15) is 19.8 Å². The minimum atomic E-state index is -0.887. The Kier molecular flexibility index (Phi) is 14.1. The minimum Gasteiger partial charge on any atom is -0.392 e. The van der Waals surface area contributed by atoms with Crippen molar-refractivity contribution in [1.29, 1.82) is 0 Å². The number of aliphatic hydroxyl groups is 2. The lowest BCUT2D eigenvalue weighted by molar-refractivity contribution is -0.277. The van der Waals surface area contributed by atoms with Crippen LogP contribution in [-0.4, -0.2) is 59.2 Å². The van der Waals surface area contributed by atoms with Crippen molar-refractivity contribution in [2.45, 2.75) is 89.6 Å². The van der Waals surface area contributed by atoms with Gasteiger partial charge in [0.1, 0.15) is 0 Å². The topological polar surface area (TPSA) is 120 Å². The molecule has 55 heavy (non-hydrogen) atoms. The molecule has 0 unspecified atom stereocenters. The monoisotopic (exact) mass is 767 g/mol. The van der Waals surface area contributed by atoms with E-state index in [1.165, 1.54) is 6.92 Å². The zero-order chi connectivity index (χ0) is 38.8. The number of nitrogens with zero attached hydrogens (tertiary/aromatic N) is 1. The van der Waals surface area contributed by atoms with Crippen LogP contribution in [0.3, 0.4) is 0 Å². The van der Waals surface area contributed by atoms with Gasteiger partial charge in [-0.2, -0.15) is 0 Å². The van der Waals surface area contributed by atoms with Crippen molar-refractivity contribution in [1.82, 2.24) is 15.5 Å². The van der Waals surface area contributed by atoms with Gasteiger partial charge in [-0.1, -0.05) is 97.7 Å². The van der Waals surface area contributed by atoms with Gasteiger partial charge < -0.3 is 35.2 Å². The van der Waals surface area contributed by atoms with Crippen LogP contribution in [-0.2, 0) is 37.8 Å². The number of rotatable bonds is 15. The molecule has 4 aromatic carbocycles. The molecule has 6 rings (SSSR count). The molecule has 4 aromatic rings. The van der Waals surface area contributed by atoms with E-state index in [4.69, 9.17) is 21.1 Å². The van der Waals surface area contributed by atoms with Crippen LogP contribution in [0.1, 0.15) is 92.6 Å². The molecule has 2 fully saturated rings. The number of hydrogen-bond acceptors (Lipinski definition) is 7. The maximum Gasteiger partial charge on any atom is 0.220 e. The average Bonchev–Trinajstić information content (AvgIpc) is 3.20. The minimum absolute atomic E-state index is 0.0182. The summed E-state index contributed by atoms with van der Waals surface area (Å²) in [6.07, 6.45) is 3.23. The molecule has 0 spiro atoms. The summed E-state index contributed by atoms with van der Waals surface area (Å²) >= 11 is 6.12. The number of halogens is 1. The highest BCUT2D eigenvalue weighted by Crippen LogP contribution is 2.43. The maximum absolute atomic E-state index is 12.5. The molecule has 4 atom stereocenters. The Morgan fingerprint density at radius 3 is 2.25 bits per heavy atom. The van der Waals surface area contributed by atoms with Crippen molar-refractivity contribution in [3.63, 3.8) is 0 Å². The van der Waals surface area contributed by atoms with Gasteiger partial charge in [-0.25, -0.2) is 0 Å². The second kappa shape index (κ2) is 19.2. The van der Waals surface area contributed by atoms with E-state index in [2.05, 4.69) is 46.7 Å². The van der Waals surface area contributed by atoms with Gasteiger partial charge in [-0.3, -0.25) is 9.59 Å². The molecular formula is C45H54ClN3O6. The van der Waals surface area contributed by atoms with E-state index in [0.29, 0.717) is 43.9 Å². The number of piperidine rings is 1. The van der Waals surface area contributed by atoms with Gasteiger partial charge in [0.05, 0.1) is 24.4 Å². The van der Waals surface area contributed by atoms with E-state index in [1.807, 2.05) is 72.8 Å². The van der Waals surface area contributed by atoms with Crippen molar-refractivity contribution in [2.75, 3.05) is 26.2 Å². The summed E-state index contributed by atoms with van der Waals surface area (Å²) in [5, 5.41) is 27.7. The number of aliphatic hydroxyl groups excluding tert-OH is 1. The zero-order valence-corrected chi connectivity index (χ0v) is 32.6. The molecule has 0 radical (unpaired) electrons. The van der Waals surface area contributed by atoms with Crippen LogP contribution in [0.25, 0.3) is 11.1 Å². The summed E-state index contributed by atoms with van der Waals surface area (Å²) in [5.74, 6) is 0.0219. The van der Waals surface area contributed by atoms with Crippen LogP contribution >= 0.6 is 11.6 Å². The zero-order valence-electron chi connectivity index (χ0n) is 31.9. The first-order valence-electron chi connectivity index (χ1n) is 19.5. The summed E-state index contributed by atoms with van der Waals surface area (Å²) < 4.78 is 13.6. The van der Waals surface area contributed by atoms with E-state index >= 15 is 0 Å². The van der Waals surface area contributed by atoms with Gasteiger partial charge in [0, 0.05) is 62.6 Å². The predicted molar refractivity (Wildman–Crippen MR) is 215 cm³/mol. The molecule has 2 aliphatic rings. The lowest BCUT2D eigenvalue weighted by Crippen LogP contribution is -2.49. The lowest BCUT2D eigenvalue weighted by Gasteiger charge is -2.45. The van der Waals surface area contributed by atoms with E-state index in [-0.39, 0.29) is 36.5 Å². The first kappa shape index (κ1) is 40.6. The number of amides is 2. The van der Waals surface area contributed by atoms with Gasteiger partial charge in [0.2, 0.25) is 11.8 Å². The van der Waals surface area contributed by atoms with E-state index < -0.39 is 11.9 Å². The number of benzene rings is 4. The molecule has 292 valence electrons. The maximum atomic E-state index is 12.5. The number of hydrogen-bond donors (Lipinski definition) is 4. The fraction of sp³-hybridized carbons (Fsp3) is 0.422. The third-order valence-corrected chi connectivity index (χ3v) is 11.2. The molecular weight excluding hydrogens is 714 g/mol. The largest absolute Gasteiger partial charge is 0.392 e. The summed E-state index contributed by atoms with van der Waals surface area (Å²) in [7, 11) is 0. The number of carbonyl (C=O) groups excluding carboxylic acids is 2. The highest BCUT2D eigenvalue weighted by atomic mass is 35.5. The number of unbranched alkanes of at least 4 members (excludes halogenated alkanes) is 2. The molecule has 0 aromatic heterocycles. The first-order chi connectivity index (χ1) is 26.6. The fourth-order valence-electron chi connectivity index (χ4n) is 7.60. The molecule has 2 heterocycles. The number of likely N-dealkylation sites (tertiary alicyclic amines) is 1. The van der Waals surface area contributed by atoms with Crippen molar-refractivity contribution in [3.8, 4) is 11.1 Å². The molecule has 0 saturated carbocycles. The second-order valence-corrected chi connectivity index (χ2v) is 15.5. The molecule has 2 aliphatic heterocycles. The third kappa shape index (κ3) is 11.0. The predicted octanol–water partition coefficient (Wildman–Crippen LogP) is 7.59. The Labute approximate surface area is 330 Å². The van der Waals surface area contributed by atoms with Crippen LogP contribution in [0, 0.1) is 5.92 Å². The molecule has 0 aliphatic carbocycles. The van der Waals surface area contributed by atoms with Gasteiger partial charge in [0.25, 0.3) is 0 Å². The van der Waals surface area contributed by atoms with E-state index in [1.54, 1.807) is 0 Å². The molecule has 0 bridgehead atoms. The molecule has 10 heteroatoms. The molecule has 2 amide bonds. The summed E-state index contributed by atoms with van der Waals surface area (Å²) in [4.78, 5) is 25.9. The van der Waals surface area contributed by atoms with Crippen molar-refractivity contribution in [2.24, 2.45) is 5.92 Å².